The zero-order chi connectivity index (χ0) is 14.7. The molecular weight excluding hydrogens is 260 g/mol. The SMILES string of the molecule is CCCNC(=O)CCNC(=NC)NCC(C)(C)SC. The molecule has 0 aliphatic carbocycles. The summed E-state index contributed by atoms with van der Waals surface area (Å²) in [6, 6.07) is 0. The van der Waals surface area contributed by atoms with E-state index in [1.54, 1.807) is 7.05 Å². The highest BCUT2D eigenvalue weighted by Gasteiger charge is 2.15. The quantitative estimate of drug-likeness (QED) is 0.464. The van der Waals surface area contributed by atoms with Gasteiger partial charge in [0.05, 0.1) is 0 Å². The second-order valence-electron chi connectivity index (χ2n) is 4.92. The lowest BCUT2D eigenvalue weighted by molar-refractivity contribution is -0.120. The Kier molecular flexibility index (Phi) is 9.47. The average molecular weight is 288 g/mol. The maximum Gasteiger partial charge on any atom is 0.221 e. The summed E-state index contributed by atoms with van der Waals surface area (Å²) in [5.74, 6) is 0.819. The molecule has 0 atom stereocenters. The van der Waals surface area contributed by atoms with Crippen molar-refractivity contribution in [3.63, 3.8) is 0 Å². The molecule has 5 nitrogen and oxygen atoms in total. The van der Waals surface area contributed by atoms with E-state index < -0.39 is 0 Å². The molecular formula is C13H28N4OS. The van der Waals surface area contributed by atoms with E-state index in [1.165, 1.54) is 0 Å². The van der Waals surface area contributed by atoms with Gasteiger partial charge in [0, 0.05) is 37.8 Å². The molecule has 0 aromatic rings. The minimum atomic E-state index is 0.0780. The molecule has 6 heteroatoms. The first-order chi connectivity index (χ1) is 8.95. The first-order valence-corrected chi connectivity index (χ1v) is 7.94. The van der Waals surface area contributed by atoms with Gasteiger partial charge in [-0.25, -0.2) is 0 Å². The Hall–Kier alpha value is -0.910. The Morgan fingerprint density at radius 1 is 1.21 bits per heavy atom. The Balaban J connectivity index is 3.87. The minimum absolute atomic E-state index is 0.0780. The van der Waals surface area contributed by atoms with Crippen molar-refractivity contribution in [2.24, 2.45) is 4.99 Å². The number of hydrogen-bond donors (Lipinski definition) is 3. The van der Waals surface area contributed by atoms with Gasteiger partial charge in [0.15, 0.2) is 5.96 Å². The fourth-order valence-electron chi connectivity index (χ4n) is 1.24. The normalized spacial score (nSPS) is 12.2. The highest BCUT2D eigenvalue weighted by Crippen LogP contribution is 2.19. The molecule has 0 saturated heterocycles. The largest absolute Gasteiger partial charge is 0.356 e. The van der Waals surface area contributed by atoms with Crippen LogP contribution in [-0.2, 0) is 4.79 Å². The van der Waals surface area contributed by atoms with Crippen molar-refractivity contribution in [3.05, 3.63) is 0 Å². The molecule has 0 spiro atoms. The molecule has 0 saturated carbocycles. The molecule has 0 radical (unpaired) electrons. The maximum absolute atomic E-state index is 11.4. The number of thioether (sulfide) groups is 1. The number of carbonyl (C=O) groups excluding carboxylic acids is 1. The summed E-state index contributed by atoms with van der Waals surface area (Å²) in [6.45, 7) is 8.56. The van der Waals surface area contributed by atoms with Gasteiger partial charge in [-0.15, -0.1) is 0 Å². The maximum atomic E-state index is 11.4. The van der Waals surface area contributed by atoms with E-state index in [4.69, 9.17) is 0 Å². The third-order valence-electron chi connectivity index (χ3n) is 2.67. The van der Waals surface area contributed by atoms with E-state index in [-0.39, 0.29) is 10.7 Å². The third kappa shape index (κ3) is 9.64. The lowest BCUT2D eigenvalue weighted by atomic mass is 10.2. The van der Waals surface area contributed by atoms with Gasteiger partial charge in [0.25, 0.3) is 0 Å². The van der Waals surface area contributed by atoms with Crippen molar-refractivity contribution >= 4 is 23.6 Å². The van der Waals surface area contributed by atoms with Crippen molar-refractivity contribution in [2.75, 3.05) is 32.9 Å². The topological polar surface area (TPSA) is 65.5 Å². The Bertz CT molecular complexity index is 292. The van der Waals surface area contributed by atoms with Crippen LogP contribution in [0.25, 0.3) is 0 Å². The summed E-state index contributed by atoms with van der Waals surface area (Å²) in [4.78, 5) is 15.6. The average Bonchev–Trinajstić information content (AvgIpc) is 2.40. The highest BCUT2D eigenvalue weighted by molar-refractivity contribution is 7.99. The summed E-state index contributed by atoms with van der Waals surface area (Å²) < 4.78 is 0.163. The Morgan fingerprint density at radius 2 is 1.89 bits per heavy atom. The summed E-state index contributed by atoms with van der Waals surface area (Å²) >= 11 is 1.81. The fourth-order valence-corrected chi connectivity index (χ4v) is 1.45. The van der Waals surface area contributed by atoms with Crippen molar-refractivity contribution < 1.29 is 4.79 Å². The van der Waals surface area contributed by atoms with Gasteiger partial charge >= 0.3 is 0 Å². The number of nitrogens with zero attached hydrogens (tertiary/aromatic N) is 1. The van der Waals surface area contributed by atoms with Crippen LogP contribution >= 0.6 is 11.8 Å². The predicted octanol–water partition coefficient (Wildman–Crippen LogP) is 1.21. The number of rotatable bonds is 8. The molecule has 0 aliphatic heterocycles. The van der Waals surface area contributed by atoms with Crippen LogP contribution in [0.2, 0.25) is 0 Å². The second kappa shape index (κ2) is 9.95. The summed E-state index contributed by atoms with van der Waals surface area (Å²) in [5.41, 5.74) is 0. The van der Waals surface area contributed by atoms with E-state index in [2.05, 4.69) is 41.0 Å². The minimum Gasteiger partial charge on any atom is -0.356 e. The lowest BCUT2D eigenvalue weighted by Gasteiger charge is -2.23. The zero-order valence-electron chi connectivity index (χ0n) is 12.8. The number of nitrogens with one attached hydrogen (secondary N) is 3. The molecule has 19 heavy (non-hydrogen) atoms. The number of guanidine groups is 1. The van der Waals surface area contributed by atoms with Gasteiger partial charge in [0.1, 0.15) is 0 Å². The second-order valence-corrected chi connectivity index (χ2v) is 6.43. The molecule has 0 fully saturated rings. The van der Waals surface area contributed by atoms with Crippen LogP contribution in [-0.4, -0.2) is 49.6 Å². The predicted molar refractivity (Wildman–Crippen MR) is 84.9 cm³/mol. The molecule has 1 amide bonds. The third-order valence-corrected chi connectivity index (χ3v) is 3.92. The molecule has 0 bridgehead atoms. The van der Waals surface area contributed by atoms with E-state index in [0.717, 1.165) is 25.5 Å². The van der Waals surface area contributed by atoms with Crippen LogP contribution in [0.4, 0.5) is 0 Å². The van der Waals surface area contributed by atoms with Crippen molar-refractivity contribution in [1.29, 1.82) is 0 Å². The Morgan fingerprint density at radius 3 is 2.42 bits per heavy atom. The molecule has 0 heterocycles. The summed E-state index contributed by atoms with van der Waals surface area (Å²) in [6.07, 6.45) is 3.52. The van der Waals surface area contributed by atoms with Crippen LogP contribution in [0.15, 0.2) is 4.99 Å². The van der Waals surface area contributed by atoms with Crippen molar-refractivity contribution in [2.45, 2.75) is 38.4 Å². The molecule has 0 aromatic heterocycles. The Labute approximate surface area is 121 Å². The monoisotopic (exact) mass is 288 g/mol. The lowest BCUT2D eigenvalue weighted by Crippen LogP contribution is -2.44. The standard InChI is InChI=1S/C13H28N4OS/c1-6-8-15-11(18)7-9-16-12(14-4)17-10-13(2,3)19-5/h6-10H2,1-5H3,(H,15,18)(H2,14,16,17). The molecule has 3 N–H and O–H groups in total. The number of carbonyl (C=O) groups is 1. The van der Waals surface area contributed by atoms with Gasteiger partial charge in [-0.3, -0.25) is 9.79 Å². The first kappa shape index (κ1) is 18.1. The van der Waals surface area contributed by atoms with Gasteiger partial charge in [-0.2, -0.15) is 11.8 Å². The van der Waals surface area contributed by atoms with Gasteiger partial charge in [-0.1, -0.05) is 6.92 Å². The van der Waals surface area contributed by atoms with E-state index in [0.29, 0.717) is 13.0 Å². The first-order valence-electron chi connectivity index (χ1n) is 6.71. The van der Waals surface area contributed by atoms with E-state index in [1.807, 2.05) is 18.7 Å². The molecule has 0 unspecified atom stereocenters. The number of hydrogen-bond acceptors (Lipinski definition) is 3. The van der Waals surface area contributed by atoms with Crippen LogP contribution < -0.4 is 16.0 Å². The zero-order valence-corrected chi connectivity index (χ0v) is 13.6. The van der Waals surface area contributed by atoms with Crippen LogP contribution in [0.3, 0.4) is 0 Å². The molecule has 0 aromatic carbocycles. The smallest absolute Gasteiger partial charge is 0.221 e. The van der Waals surface area contributed by atoms with E-state index in [9.17, 15) is 4.79 Å². The van der Waals surface area contributed by atoms with Crippen molar-refractivity contribution in [3.8, 4) is 0 Å². The molecule has 0 rings (SSSR count). The molecule has 0 aliphatic rings. The van der Waals surface area contributed by atoms with E-state index >= 15 is 0 Å². The fraction of sp³-hybridized carbons (Fsp3) is 0.846. The van der Waals surface area contributed by atoms with Crippen LogP contribution in [0.1, 0.15) is 33.6 Å². The summed E-state index contributed by atoms with van der Waals surface area (Å²) in [5, 5.41) is 9.25. The molecule has 112 valence electrons. The highest BCUT2D eigenvalue weighted by atomic mass is 32.2. The van der Waals surface area contributed by atoms with Crippen molar-refractivity contribution in [1.82, 2.24) is 16.0 Å². The van der Waals surface area contributed by atoms with Crippen LogP contribution in [0.5, 0.6) is 0 Å². The number of amides is 1. The van der Waals surface area contributed by atoms with Crippen LogP contribution in [0, 0.1) is 0 Å². The summed E-state index contributed by atoms with van der Waals surface area (Å²) in [7, 11) is 1.73. The van der Waals surface area contributed by atoms with Gasteiger partial charge in [-0.05, 0) is 26.5 Å². The van der Waals surface area contributed by atoms with Gasteiger partial charge < -0.3 is 16.0 Å². The van der Waals surface area contributed by atoms with Gasteiger partial charge in [0.2, 0.25) is 5.91 Å². The number of aliphatic imine (C=N–C) groups is 1.